The van der Waals surface area contributed by atoms with Crippen LogP contribution in [0.25, 0.3) is 0 Å². The first-order chi connectivity index (χ1) is 14.8. The number of rotatable bonds is 12. The Morgan fingerprint density at radius 2 is 2.13 bits per heavy atom. The molecule has 1 aromatic carbocycles. The van der Waals surface area contributed by atoms with E-state index < -0.39 is 0 Å². The van der Waals surface area contributed by atoms with Crippen LogP contribution in [0.5, 0.6) is 0 Å². The van der Waals surface area contributed by atoms with Crippen LogP contribution in [-0.4, -0.2) is 55.5 Å². The molecule has 8 heteroatoms. The van der Waals surface area contributed by atoms with Gasteiger partial charge in [0.15, 0.2) is 5.96 Å². The van der Waals surface area contributed by atoms with Crippen molar-refractivity contribution in [1.29, 1.82) is 0 Å². The van der Waals surface area contributed by atoms with E-state index in [0.717, 1.165) is 77.0 Å². The average Bonchev–Trinajstić information content (AvgIpc) is 3.45. The van der Waals surface area contributed by atoms with Crippen LogP contribution in [0, 0.1) is 5.92 Å². The zero-order valence-electron chi connectivity index (χ0n) is 18.5. The lowest BCUT2D eigenvalue weighted by atomic mass is 10.1. The number of aromatic nitrogens is 2. The number of aliphatic imine (C=N–C) groups is 1. The van der Waals surface area contributed by atoms with Crippen LogP contribution in [-0.2, 0) is 29.0 Å². The first kappa shape index (κ1) is 25.6. The second-order valence-electron chi connectivity index (χ2n) is 7.64. The van der Waals surface area contributed by atoms with Crippen molar-refractivity contribution in [2.24, 2.45) is 10.9 Å². The molecule has 1 unspecified atom stereocenters. The van der Waals surface area contributed by atoms with E-state index in [-0.39, 0.29) is 24.0 Å². The number of aryl methyl sites for hydroxylation is 2. The standard InChI is InChI=1S/C23H35N5O2.HI/c1-24-23(26-11-6-15-29-18-21-10-16-30-19-21)27-17-22-25-12-14-28(22)13-5-9-20-7-3-2-4-8-20;/h2-4,7-8,12,14,21H,5-6,9-11,13,15-19H2,1H3,(H2,24,26,27);1H. The summed E-state index contributed by atoms with van der Waals surface area (Å²) in [4.78, 5) is 8.79. The summed E-state index contributed by atoms with van der Waals surface area (Å²) in [5, 5.41) is 6.70. The van der Waals surface area contributed by atoms with Crippen molar-refractivity contribution >= 4 is 29.9 Å². The zero-order chi connectivity index (χ0) is 20.9. The summed E-state index contributed by atoms with van der Waals surface area (Å²) in [6.07, 6.45) is 8.14. The summed E-state index contributed by atoms with van der Waals surface area (Å²) in [6, 6.07) is 10.6. The monoisotopic (exact) mass is 541 g/mol. The van der Waals surface area contributed by atoms with Gasteiger partial charge in [0.1, 0.15) is 5.82 Å². The van der Waals surface area contributed by atoms with Gasteiger partial charge in [0, 0.05) is 51.7 Å². The van der Waals surface area contributed by atoms with Gasteiger partial charge >= 0.3 is 0 Å². The number of halogens is 1. The Bertz CT molecular complexity index is 747. The van der Waals surface area contributed by atoms with Crippen LogP contribution in [0.4, 0.5) is 0 Å². The summed E-state index contributed by atoms with van der Waals surface area (Å²) in [7, 11) is 1.79. The fourth-order valence-corrected chi connectivity index (χ4v) is 3.54. The number of hydrogen-bond donors (Lipinski definition) is 2. The van der Waals surface area contributed by atoms with E-state index in [9.17, 15) is 0 Å². The molecule has 0 aliphatic carbocycles. The molecular formula is C23H36IN5O2. The van der Waals surface area contributed by atoms with Crippen molar-refractivity contribution in [2.45, 2.75) is 38.8 Å². The number of hydrogen-bond acceptors (Lipinski definition) is 4. The second kappa shape index (κ2) is 15.2. The van der Waals surface area contributed by atoms with Gasteiger partial charge in [-0.1, -0.05) is 30.3 Å². The van der Waals surface area contributed by atoms with Gasteiger partial charge in [0.25, 0.3) is 0 Å². The van der Waals surface area contributed by atoms with Gasteiger partial charge in [-0.3, -0.25) is 4.99 Å². The van der Waals surface area contributed by atoms with Crippen molar-refractivity contribution in [1.82, 2.24) is 20.2 Å². The van der Waals surface area contributed by atoms with Gasteiger partial charge in [-0.15, -0.1) is 24.0 Å². The smallest absolute Gasteiger partial charge is 0.191 e. The maximum atomic E-state index is 5.74. The molecule has 0 amide bonds. The van der Waals surface area contributed by atoms with E-state index >= 15 is 0 Å². The molecule has 31 heavy (non-hydrogen) atoms. The normalized spacial score (nSPS) is 16.2. The predicted octanol–water partition coefficient (Wildman–Crippen LogP) is 3.24. The molecule has 0 bridgehead atoms. The maximum Gasteiger partial charge on any atom is 0.191 e. The van der Waals surface area contributed by atoms with Crippen LogP contribution in [0.3, 0.4) is 0 Å². The second-order valence-corrected chi connectivity index (χ2v) is 7.64. The summed E-state index contributed by atoms with van der Waals surface area (Å²) < 4.78 is 13.3. The van der Waals surface area contributed by atoms with Crippen LogP contribution in [0.1, 0.15) is 30.7 Å². The Hall–Kier alpha value is -1.65. The highest BCUT2D eigenvalue weighted by Gasteiger charge is 2.15. The van der Waals surface area contributed by atoms with Crippen molar-refractivity contribution in [3.63, 3.8) is 0 Å². The topological polar surface area (TPSA) is 72.7 Å². The first-order valence-electron chi connectivity index (χ1n) is 11.0. The Balaban J connectivity index is 0.00000341. The van der Waals surface area contributed by atoms with Gasteiger partial charge in [-0.25, -0.2) is 4.98 Å². The number of imidazole rings is 1. The largest absolute Gasteiger partial charge is 0.381 e. The molecule has 1 aromatic heterocycles. The minimum absolute atomic E-state index is 0. The summed E-state index contributed by atoms with van der Waals surface area (Å²) >= 11 is 0. The van der Waals surface area contributed by atoms with E-state index in [0.29, 0.717) is 12.5 Å². The molecule has 172 valence electrons. The zero-order valence-corrected chi connectivity index (χ0v) is 20.8. The SMILES string of the molecule is CN=C(NCCCOCC1CCOC1)NCc1nccn1CCCc1ccccc1.I. The van der Waals surface area contributed by atoms with Gasteiger partial charge in [-0.05, 0) is 31.2 Å². The lowest BCUT2D eigenvalue weighted by molar-refractivity contribution is 0.0888. The Kier molecular flexibility index (Phi) is 12.6. The van der Waals surface area contributed by atoms with Gasteiger partial charge in [-0.2, -0.15) is 0 Å². The van der Waals surface area contributed by atoms with E-state index in [1.807, 2.05) is 12.4 Å². The van der Waals surface area contributed by atoms with Crippen molar-refractivity contribution in [3.8, 4) is 0 Å². The van der Waals surface area contributed by atoms with E-state index in [1.54, 1.807) is 7.05 Å². The third-order valence-corrected chi connectivity index (χ3v) is 5.28. The number of nitrogens with one attached hydrogen (secondary N) is 2. The number of nitrogens with zero attached hydrogens (tertiary/aromatic N) is 3. The molecule has 0 spiro atoms. The van der Waals surface area contributed by atoms with Gasteiger partial charge < -0.3 is 24.7 Å². The molecule has 2 heterocycles. The lowest BCUT2D eigenvalue weighted by Crippen LogP contribution is -2.38. The molecule has 3 rings (SSSR count). The third-order valence-electron chi connectivity index (χ3n) is 5.28. The summed E-state index contributed by atoms with van der Waals surface area (Å²) in [6.45, 7) is 5.72. The Labute approximate surface area is 203 Å². The van der Waals surface area contributed by atoms with Crippen LogP contribution < -0.4 is 10.6 Å². The Morgan fingerprint density at radius 1 is 1.26 bits per heavy atom. The predicted molar refractivity (Wildman–Crippen MR) is 135 cm³/mol. The van der Waals surface area contributed by atoms with Crippen molar-refractivity contribution < 1.29 is 9.47 Å². The van der Waals surface area contributed by atoms with Gasteiger partial charge in [0.05, 0.1) is 19.8 Å². The number of benzene rings is 1. The maximum absolute atomic E-state index is 5.74. The molecule has 7 nitrogen and oxygen atoms in total. The first-order valence-corrected chi connectivity index (χ1v) is 11.0. The highest BCUT2D eigenvalue weighted by atomic mass is 127. The molecule has 1 aliphatic heterocycles. The molecule has 1 atom stereocenters. The van der Waals surface area contributed by atoms with E-state index in [4.69, 9.17) is 9.47 Å². The van der Waals surface area contributed by atoms with Gasteiger partial charge in [0.2, 0.25) is 0 Å². The number of guanidine groups is 1. The minimum Gasteiger partial charge on any atom is -0.381 e. The highest BCUT2D eigenvalue weighted by molar-refractivity contribution is 14.0. The van der Waals surface area contributed by atoms with Crippen LogP contribution in [0.2, 0.25) is 0 Å². The third kappa shape index (κ3) is 9.57. The molecule has 2 N–H and O–H groups in total. The quantitative estimate of drug-likeness (QED) is 0.187. The molecule has 1 fully saturated rings. The lowest BCUT2D eigenvalue weighted by Gasteiger charge is -2.13. The van der Waals surface area contributed by atoms with E-state index in [1.165, 1.54) is 5.56 Å². The van der Waals surface area contributed by atoms with E-state index in [2.05, 4.69) is 55.5 Å². The minimum atomic E-state index is 0. The molecule has 1 saturated heterocycles. The van der Waals surface area contributed by atoms with Crippen LogP contribution in [0.15, 0.2) is 47.7 Å². The summed E-state index contributed by atoms with van der Waals surface area (Å²) in [5.74, 6) is 2.38. The molecule has 1 aliphatic rings. The molecule has 0 saturated carbocycles. The fourth-order valence-electron chi connectivity index (χ4n) is 3.54. The van der Waals surface area contributed by atoms with Crippen molar-refractivity contribution in [3.05, 3.63) is 54.1 Å². The Morgan fingerprint density at radius 3 is 2.90 bits per heavy atom. The van der Waals surface area contributed by atoms with Crippen LogP contribution >= 0.6 is 24.0 Å². The molecule has 0 radical (unpaired) electrons. The number of ether oxygens (including phenoxy) is 2. The average molecular weight is 541 g/mol. The van der Waals surface area contributed by atoms with Crippen molar-refractivity contribution in [2.75, 3.05) is 40.0 Å². The highest BCUT2D eigenvalue weighted by Crippen LogP contribution is 2.12. The fraction of sp³-hybridized carbons (Fsp3) is 0.565. The molecular weight excluding hydrogens is 505 g/mol. The molecule has 2 aromatic rings. The summed E-state index contributed by atoms with van der Waals surface area (Å²) in [5.41, 5.74) is 1.38.